The smallest absolute Gasteiger partial charge is 0.309 e. The van der Waals surface area contributed by atoms with Crippen molar-refractivity contribution in [2.45, 2.75) is 27.2 Å². The number of carbonyl (C=O) groups is 2. The zero-order chi connectivity index (χ0) is 12.4. The van der Waals surface area contributed by atoms with E-state index in [1.54, 1.807) is 20.8 Å². The fraction of sp³-hybridized carbons (Fsp3) is 0.818. The second-order valence-corrected chi connectivity index (χ2v) is 3.41. The molecule has 0 bridgehead atoms. The van der Waals surface area contributed by atoms with Gasteiger partial charge in [-0.3, -0.25) is 9.59 Å². The zero-order valence-electron chi connectivity index (χ0n) is 10.7. The van der Waals surface area contributed by atoms with Crippen LogP contribution in [0.4, 0.5) is 0 Å². The SMILES string of the molecule is CCOC(=O)CCNCC(C)C(=O)OCC.Cl. The van der Waals surface area contributed by atoms with Gasteiger partial charge in [0.25, 0.3) is 0 Å². The van der Waals surface area contributed by atoms with Crippen LogP contribution in [-0.4, -0.2) is 38.2 Å². The van der Waals surface area contributed by atoms with Crippen LogP contribution in [-0.2, 0) is 19.1 Å². The van der Waals surface area contributed by atoms with Crippen LogP contribution in [0.2, 0.25) is 0 Å². The third-order valence-corrected chi connectivity index (χ3v) is 1.95. The summed E-state index contributed by atoms with van der Waals surface area (Å²) < 4.78 is 9.61. The Labute approximate surface area is 109 Å². The Morgan fingerprint density at radius 2 is 1.76 bits per heavy atom. The molecule has 1 atom stereocenters. The summed E-state index contributed by atoms with van der Waals surface area (Å²) in [4.78, 5) is 22.2. The van der Waals surface area contributed by atoms with Crippen molar-refractivity contribution in [2.75, 3.05) is 26.3 Å². The summed E-state index contributed by atoms with van der Waals surface area (Å²) >= 11 is 0. The van der Waals surface area contributed by atoms with Crippen molar-refractivity contribution in [1.29, 1.82) is 0 Å². The average molecular weight is 268 g/mol. The van der Waals surface area contributed by atoms with E-state index in [0.717, 1.165) is 0 Å². The number of ether oxygens (including phenoxy) is 2. The first kappa shape index (κ1) is 18.6. The molecule has 0 heterocycles. The minimum atomic E-state index is -0.223. The van der Waals surface area contributed by atoms with Gasteiger partial charge in [-0.1, -0.05) is 6.92 Å². The molecule has 0 saturated heterocycles. The molecule has 0 aliphatic rings. The van der Waals surface area contributed by atoms with E-state index in [4.69, 9.17) is 9.47 Å². The topological polar surface area (TPSA) is 64.6 Å². The largest absolute Gasteiger partial charge is 0.466 e. The molecule has 0 radical (unpaired) electrons. The van der Waals surface area contributed by atoms with Gasteiger partial charge in [0.15, 0.2) is 0 Å². The lowest BCUT2D eigenvalue weighted by Crippen LogP contribution is -2.29. The molecule has 1 unspecified atom stereocenters. The number of carbonyl (C=O) groups excluding carboxylic acids is 2. The van der Waals surface area contributed by atoms with E-state index < -0.39 is 0 Å². The first-order chi connectivity index (χ1) is 7.61. The molecule has 0 aliphatic carbocycles. The lowest BCUT2D eigenvalue weighted by molar-refractivity contribution is -0.147. The molecular weight excluding hydrogens is 246 g/mol. The Hall–Kier alpha value is -0.810. The second-order valence-electron chi connectivity index (χ2n) is 3.41. The van der Waals surface area contributed by atoms with E-state index in [1.165, 1.54) is 0 Å². The second kappa shape index (κ2) is 11.7. The lowest BCUT2D eigenvalue weighted by atomic mass is 10.2. The zero-order valence-corrected chi connectivity index (χ0v) is 11.5. The van der Waals surface area contributed by atoms with Gasteiger partial charge in [0.2, 0.25) is 0 Å². The van der Waals surface area contributed by atoms with Gasteiger partial charge in [-0.15, -0.1) is 12.4 Å². The third-order valence-electron chi connectivity index (χ3n) is 1.95. The van der Waals surface area contributed by atoms with Crippen LogP contribution < -0.4 is 5.32 Å². The Kier molecular flexibility index (Phi) is 12.7. The fourth-order valence-corrected chi connectivity index (χ4v) is 1.11. The summed E-state index contributed by atoms with van der Waals surface area (Å²) in [6.45, 7) is 7.16. The van der Waals surface area contributed by atoms with Crippen LogP contribution in [0.25, 0.3) is 0 Å². The average Bonchev–Trinajstić information content (AvgIpc) is 2.24. The monoisotopic (exact) mass is 267 g/mol. The summed E-state index contributed by atoms with van der Waals surface area (Å²) in [6.07, 6.45) is 0.323. The molecule has 17 heavy (non-hydrogen) atoms. The van der Waals surface area contributed by atoms with Gasteiger partial charge in [0.05, 0.1) is 25.6 Å². The quantitative estimate of drug-likeness (QED) is 0.528. The molecule has 1 N–H and O–H groups in total. The molecule has 0 fully saturated rings. The van der Waals surface area contributed by atoms with E-state index in [1.807, 2.05) is 0 Å². The normalized spacial score (nSPS) is 11.2. The maximum atomic E-state index is 11.2. The molecule has 0 aliphatic heterocycles. The van der Waals surface area contributed by atoms with Gasteiger partial charge in [-0.05, 0) is 13.8 Å². The summed E-state index contributed by atoms with van der Waals surface area (Å²) in [7, 11) is 0. The van der Waals surface area contributed by atoms with Gasteiger partial charge < -0.3 is 14.8 Å². The highest BCUT2D eigenvalue weighted by molar-refractivity contribution is 5.85. The van der Waals surface area contributed by atoms with Crippen molar-refractivity contribution in [3.8, 4) is 0 Å². The van der Waals surface area contributed by atoms with E-state index in [-0.39, 0.29) is 30.3 Å². The first-order valence-corrected chi connectivity index (χ1v) is 5.64. The molecular formula is C11H22ClNO4. The Morgan fingerprint density at radius 3 is 2.29 bits per heavy atom. The maximum absolute atomic E-state index is 11.2. The maximum Gasteiger partial charge on any atom is 0.309 e. The van der Waals surface area contributed by atoms with Crippen LogP contribution in [0.15, 0.2) is 0 Å². The molecule has 102 valence electrons. The van der Waals surface area contributed by atoms with E-state index in [0.29, 0.717) is 32.7 Å². The predicted molar refractivity (Wildman–Crippen MR) is 67.2 cm³/mol. The standard InChI is InChI=1S/C11H21NO4.ClH/c1-4-15-10(13)6-7-12-8-9(3)11(14)16-5-2;/h9,12H,4-8H2,1-3H3;1H. The molecule has 5 nitrogen and oxygen atoms in total. The minimum absolute atomic E-state index is 0. The van der Waals surface area contributed by atoms with Crippen molar-refractivity contribution in [2.24, 2.45) is 5.92 Å². The van der Waals surface area contributed by atoms with Gasteiger partial charge in [0, 0.05) is 13.1 Å². The Balaban J connectivity index is 0. The van der Waals surface area contributed by atoms with E-state index >= 15 is 0 Å². The number of halogens is 1. The third kappa shape index (κ3) is 10.1. The number of nitrogens with one attached hydrogen (secondary N) is 1. The van der Waals surface area contributed by atoms with E-state index in [9.17, 15) is 9.59 Å². The molecule has 0 aromatic rings. The summed E-state index contributed by atoms with van der Waals surface area (Å²) in [6, 6.07) is 0. The van der Waals surface area contributed by atoms with Gasteiger partial charge in [-0.25, -0.2) is 0 Å². The van der Waals surface area contributed by atoms with Gasteiger partial charge in [-0.2, -0.15) is 0 Å². The molecule has 0 amide bonds. The van der Waals surface area contributed by atoms with Crippen LogP contribution in [0.3, 0.4) is 0 Å². The van der Waals surface area contributed by atoms with Crippen LogP contribution in [0.5, 0.6) is 0 Å². The highest BCUT2D eigenvalue weighted by Crippen LogP contribution is 1.96. The highest BCUT2D eigenvalue weighted by atomic mass is 35.5. The molecule has 0 aromatic heterocycles. The molecule has 6 heteroatoms. The summed E-state index contributed by atoms with van der Waals surface area (Å²) in [5, 5.41) is 3.01. The summed E-state index contributed by atoms with van der Waals surface area (Å²) in [5.74, 6) is -0.632. The summed E-state index contributed by atoms with van der Waals surface area (Å²) in [5.41, 5.74) is 0. The van der Waals surface area contributed by atoms with Crippen molar-refractivity contribution in [3.63, 3.8) is 0 Å². The number of rotatable bonds is 8. The van der Waals surface area contributed by atoms with Crippen molar-refractivity contribution in [3.05, 3.63) is 0 Å². The molecule has 0 aromatic carbocycles. The Morgan fingerprint density at radius 1 is 1.18 bits per heavy atom. The minimum Gasteiger partial charge on any atom is -0.466 e. The van der Waals surface area contributed by atoms with Crippen LogP contribution in [0, 0.1) is 5.92 Å². The lowest BCUT2D eigenvalue weighted by Gasteiger charge is -2.11. The fourth-order valence-electron chi connectivity index (χ4n) is 1.11. The predicted octanol–water partition coefficient (Wildman–Crippen LogP) is 1.15. The number of hydrogen-bond donors (Lipinski definition) is 1. The molecule has 0 spiro atoms. The van der Waals surface area contributed by atoms with Gasteiger partial charge >= 0.3 is 11.9 Å². The Bertz CT molecular complexity index is 224. The number of esters is 2. The van der Waals surface area contributed by atoms with Crippen molar-refractivity contribution >= 4 is 24.3 Å². The van der Waals surface area contributed by atoms with Crippen molar-refractivity contribution in [1.82, 2.24) is 5.32 Å². The van der Waals surface area contributed by atoms with Crippen LogP contribution in [0.1, 0.15) is 27.2 Å². The first-order valence-electron chi connectivity index (χ1n) is 5.64. The molecule has 0 saturated carbocycles. The highest BCUT2D eigenvalue weighted by Gasteiger charge is 2.13. The molecule has 0 rings (SSSR count). The van der Waals surface area contributed by atoms with Gasteiger partial charge in [0.1, 0.15) is 0 Å². The van der Waals surface area contributed by atoms with E-state index in [2.05, 4.69) is 5.32 Å². The number of hydrogen-bond acceptors (Lipinski definition) is 5. The van der Waals surface area contributed by atoms with Crippen molar-refractivity contribution < 1.29 is 19.1 Å². The van der Waals surface area contributed by atoms with Crippen LogP contribution >= 0.6 is 12.4 Å².